The molecule has 2 heterocycles. The van der Waals surface area contributed by atoms with Crippen molar-refractivity contribution in [1.82, 2.24) is 25.6 Å². The second-order valence-electron chi connectivity index (χ2n) is 4.38. The first-order chi connectivity index (χ1) is 10.0. The van der Waals surface area contributed by atoms with Crippen molar-refractivity contribution in [3.63, 3.8) is 0 Å². The molecule has 0 saturated heterocycles. The molecule has 0 aliphatic rings. The molecule has 0 bridgehead atoms. The fourth-order valence-corrected chi connectivity index (χ4v) is 2.38. The average molecular weight is 309 g/mol. The number of urea groups is 1. The summed E-state index contributed by atoms with van der Waals surface area (Å²) in [4.78, 5) is 33.7. The van der Waals surface area contributed by atoms with Gasteiger partial charge in [0.2, 0.25) is 0 Å². The number of hydrogen-bond acceptors (Lipinski definition) is 5. The topological polar surface area (TPSA) is 120 Å². The first-order valence-electron chi connectivity index (χ1n) is 6.20. The predicted octanol–water partition coefficient (Wildman–Crippen LogP) is 0.670. The largest absolute Gasteiger partial charge is 0.480 e. The van der Waals surface area contributed by atoms with Crippen LogP contribution in [0.4, 0.5) is 4.79 Å². The van der Waals surface area contributed by atoms with E-state index < -0.39 is 18.0 Å². The van der Waals surface area contributed by atoms with Gasteiger partial charge in [0.05, 0.1) is 12.9 Å². The van der Waals surface area contributed by atoms with Crippen molar-refractivity contribution in [3.8, 4) is 0 Å². The van der Waals surface area contributed by atoms with Crippen LogP contribution in [0.2, 0.25) is 0 Å². The van der Waals surface area contributed by atoms with Crippen molar-refractivity contribution in [3.05, 3.63) is 34.3 Å². The van der Waals surface area contributed by atoms with E-state index in [1.807, 2.05) is 12.3 Å². The van der Waals surface area contributed by atoms with Crippen LogP contribution < -0.4 is 10.6 Å². The number of hydrogen-bond donors (Lipinski definition) is 4. The number of aryl methyl sites for hydroxylation is 1. The number of imidazole rings is 1. The molecule has 0 saturated carbocycles. The summed E-state index contributed by atoms with van der Waals surface area (Å²) in [5, 5.41) is 16.8. The predicted molar refractivity (Wildman–Crippen MR) is 75.9 cm³/mol. The highest BCUT2D eigenvalue weighted by Crippen LogP contribution is 2.07. The number of carbonyl (C=O) groups is 2. The highest BCUT2D eigenvalue weighted by Gasteiger charge is 2.20. The minimum absolute atomic E-state index is 0.138. The molecule has 0 aliphatic carbocycles. The number of carbonyl (C=O) groups excluding carboxylic acids is 1. The maximum absolute atomic E-state index is 11.7. The van der Waals surface area contributed by atoms with Gasteiger partial charge < -0.3 is 20.7 Å². The van der Waals surface area contributed by atoms with Gasteiger partial charge in [-0.05, 0) is 6.92 Å². The van der Waals surface area contributed by atoms with Crippen LogP contribution in [0.3, 0.4) is 0 Å². The van der Waals surface area contributed by atoms with Crippen LogP contribution in [0.5, 0.6) is 0 Å². The Balaban J connectivity index is 1.84. The number of H-pyrrole nitrogens is 1. The van der Waals surface area contributed by atoms with Crippen LogP contribution >= 0.6 is 11.3 Å². The molecule has 112 valence electrons. The lowest BCUT2D eigenvalue weighted by molar-refractivity contribution is -0.139. The third-order valence-corrected chi connectivity index (χ3v) is 3.62. The van der Waals surface area contributed by atoms with Gasteiger partial charge in [0.15, 0.2) is 0 Å². The number of aromatic nitrogens is 3. The lowest BCUT2D eigenvalue weighted by Crippen LogP contribution is -2.46. The summed E-state index contributed by atoms with van der Waals surface area (Å²) in [6.45, 7) is 2.13. The summed E-state index contributed by atoms with van der Waals surface area (Å²) in [6.07, 6.45) is 3.12. The van der Waals surface area contributed by atoms with Gasteiger partial charge in [-0.2, -0.15) is 0 Å². The van der Waals surface area contributed by atoms with E-state index in [4.69, 9.17) is 5.11 Å². The van der Waals surface area contributed by atoms with Crippen molar-refractivity contribution >= 4 is 23.3 Å². The number of nitrogens with one attached hydrogen (secondary N) is 3. The monoisotopic (exact) mass is 309 g/mol. The number of aromatic amines is 1. The van der Waals surface area contributed by atoms with Crippen LogP contribution in [0, 0.1) is 6.92 Å². The van der Waals surface area contributed by atoms with Crippen molar-refractivity contribution in [2.75, 3.05) is 0 Å². The zero-order chi connectivity index (χ0) is 15.2. The zero-order valence-corrected chi connectivity index (χ0v) is 12.1. The molecule has 9 heteroatoms. The van der Waals surface area contributed by atoms with E-state index in [9.17, 15) is 9.59 Å². The Bertz CT molecular complexity index is 610. The maximum atomic E-state index is 11.7. The molecule has 1 unspecified atom stereocenters. The number of amides is 2. The third-order valence-electron chi connectivity index (χ3n) is 2.65. The van der Waals surface area contributed by atoms with Gasteiger partial charge in [-0.15, -0.1) is 11.3 Å². The lowest BCUT2D eigenvalue weighted by Gasteiger charge is -2.14. The number of thiazole rings is 1. The Labute approximate surface area is 124 Å². The van der Waals surface area contributed by atoms with Gasteiger partial charge in [0.25, 0.3) is 0 Å². The molecule has 0 aromatic carbocycles. The number of carboxylic acids is 1. The molecule has 0 radical (unpaired) electrons. The SMILES string of the molecule is Cc1csc(CNC(=O)NC(Cc2cnc[nH]2)C(=O)O)n1. The Hall–Kier alpha value is -2.42. The van der Waals surface area contributed by atoms with E-state index >= 15 is 0 Å². The molecule has 1 atom stereocenters. The summed E-state index contributed by atoms with van der Waals surface area (Å²) in [6, 6.07) is -1.57. The molecule has 0 spiro atoms. The Morgan fingerprint density at radius 1 is 1.52 bits per heavy atom. The fourth-order valence-electron chi connectivity index (χ4n) is 1.67. The van der Waals surface area contributed by atoms with Crippen LogP contribution in [0.25, 0.3) is 0 Å². The van der Waals surface area contributed by atoms with Crippen LogP contribution in [-0.2, 0) is 17.8 Å². The molecule has 2 aromatic rings. The molecule has 21 heavy (non-hydrogen) atoms. The van der Waals surface area contributed by atoms with Gasteiger partial charge in [-0.1, -0.05) is 0 Å². The van der Waals surface area contributed by atoms with Gasteiger partial charge in [-0.25, -0.2) is 19.6 Å². The minimum Gasteiger partial charge on any atom is -0.480 e. The summed E-state index contributed by atoms with van der Waals surface area (Å²) in [5.41, 5.74) is 1.53. The van der Waals surface area contributed by atoms with E-state index in [-0.39, 0.29) is 13.0 Å². The molecule has 8 nitrogen and oxygen atoms in total. The average Bonchev–Trinajstić information content (AvgIpc) is 3.07. The van der Waals surface area contributed by atoms with E-state index in [0.29, 0.717) is 5.69 Å². The van der Waals surface area contributed by atoms with Crippen molar-refractivity contribution in [1.29, 1.82) is 0 Å². The first kappa shape index (κ1) is 15.0. The van der Waals surface area contributed by atoms with Gasteiger partial charge in [0.1, 0.15) is 11.0 Å². The van der Waals surface area contributed by atoms with Crippen LogP contribution in [0.1, 0.15) is 16.4 Å². The maximum Gasteiger partial charge on any atom is 0.326 e. The van der Waals surface area contributed by atoms with E-state index in [1.54, 1.807) is 0 Å². The van der Waals surface area contributed by atoms with E-state index in [1.165, 1.54) is 23.9 Å². The van der Waals surface area contributed by atoms with E-state index in [0.717, 1.165) is 10.7 Å². The second-order valence-corrected chi connectivity index (χ2v) is 5.32. The van der Waals surface area contributed by atoms with Gasteiger partial charge in [-0.3, -0.25) is 0 Å². The lowest BCUT2D eigenvalue weighted by atomic mass is 10.2. The highest BCUT2D eigenvalue weighted by atomic mass is 32.1. The summed E-state index contributed by atoms with van der Waals surface area (Å²) >= 11 is 1.44. The molecule has 0 aliphatic heterocycles. The molecule has 4 N–H and O–H groups in total. The number of aliphatic carboxylic acids is 1. The smallest absolute Gasteiger partial charge is 0.326 e. The zero-order valence-electron chi connectivity index (χ0n) is 11.3. The highest BCUT2D eigenvalue weighted by molar-refractivity contribution is 7.09. The number of carboxylic acid groups (broad SMARTS) is 1. The summed E-state index contributed by atoms with van der Waals surface area (Å²) in [5.74, 6) is -1.11. The van der Waals surface area contributed by atoms with E-state index in [2.05, 4.69) is 25.6 Å². The molecule has 2 aromatic heterocycles. The standard InChI is InChI=1S/C12H15N5O3S/c1-7-5-21-10(16-7)4-14-12(20)17-9(11(18)19)2-8-3-13-6-15-8/h3,5-6,9H,2,4H2,1H3,(H,13,15)(H,18,19)(H2,14,17,20). The first-order valence-corrected chi connectivity index (χ1v) is 7.08. The van der Waals surface area contributed by atoms with Gasteiger partial charge >= 0.3 is 12.0 Å². The number of nitrogens with zero attached hydrogens (tertiary/aromatic N) is 2. The molecule has 2 amide bonds. The Morgan fingerprint density at radius 3 is 2.90 bits per heavy atom. The summed E-state index contributed by atoms with van der Waals surface area (Å²) in [7, 11) is 0. The number of rotatable bonds is 6. The summed E-state index contributed by atoms with van der Waals surface area (Å²) < 4.78 is 0. The molecule has 0 fully saturated rings. The molecular formula is C12H15N5O3S. The van der Waals surface area contributed by atoms with Crippen molar-refractivity contribution < 1.29 is 14.7 Å². The third kappa shape index (κ3) is 4.56. The minimum atomic E-state index is -1.11. The van der Waals surface area contributed by atoms with Crippen molar-refractivity contribution in [2.24, 2.45) is 0 Å². The quantitative estimate of drug-likeness (QED) is 0.625. The van der Waals surface area contributed by atoms with Crippen LogP contribution in [-0.4, -0.2) is 38.1 Å². The fraction of sp³-hybridized carbons (Fsp3) is 0.333. The Morgan fingerprint density at radius 2 is 2.33 bits per heavy atom. The molecular weight excluding hydrogens is 294 g/mol. The second kappa shape index (κ2) is 6.84. The Kier molecular flexibility index (Phi) is 4.88. The normalized spacial score (nSPS) is 11.9. The van der Waals surface area contributed by atoms with Crippen LogP contribution in [0.15, 0.2) is 17.9 Å². The van der Waals surface area contributed by atoms with Crippen molar-refractivity contribution in [2.45, 2.75) is 25.9 Å². The molecule has 2 rings (SSSR count). The van der Waals surface area contributed by atoms with Gasteiger partial charge in [0, 0.05) is 29.4 Å².